The Balaban J connectivity index is 1.25. The number of nitrogens with one attached hydrogen (secondary N) is 1. The number of H-pyrrole nitrogens is 1. The summed E-state index contributed by atoms with van der Waals surface area (Å²) in [6, 6.07) is 7.86. The summed E-state index contributed by atoms with van der Waals surface area (Å²) < 4.78 is 1.80. The van der Waals surface area contributed by atoms with Gasteiger partial charge in [-0.1, -0.05) is 12.1 Å². The Kier molecular flexibility index (Phi) is 5.83. The van der Waals surface area contributed by atoms with E-state index in [0.29, 0.717) is 52.0 Å². The molecule has 0 spiro atoms. The number of imidazole rings is 1. The Labute approximate surface area is 168 Å². The molecule has 0 bridgehead atoms. The topological polar surface area (TPSA) is 100 Å². The molecule has 152 valence electrons. The first-order valence-electron chi connectivity index (χ1n) is 10.0. The first kappa shape index (κ1) is 19.1. The molecule has 2 aromatic heterocycles. The average Bonchev–Trinajstić information content (AvgIpc) is 3.33. The van der Waals surface area contributed by atoms with Crippen molar-refractivity contribution in [2.24, 2.45) is 0 Å². The van der Waals surface area contributed by atoms with Crippen LogP contribution in [-0.4, -0.2) is 72.5 Å². The number of hydrogen-bond acceptors (Lipinski definition) is 5. The monoisotopic (exact) mass is 395 g/mol. The molecule has 29 heavy (non-hydrogen) atoms. The van der Waals surface area contributed by atoms with Crippen LogP contribution in [0.15, 0.2) is 36.9 Å². The number of amides is 2. The lowest BCUT2D eigenvalue weighted by atomic mass is 10.2. The molecular weight excluding hydrogens is 370 g/mol. The first-order chi connectivity index (χ1) is 14.2. The number of fused-ring (bicyclic) bond motifs is 1. The predicted molar refractivity (Wildman–Crippen MR) is 107 cm³/mol. The molecule has 0 aliphatic carbocycles. The molecule has 0 radical (unpaired) electrons. The number of aromatic nitrogens is 5. The zero-order chi connectivity index (χ0) is 20.1. The Morgan fingerprint density at radius 1 is 0.931 bits per heavy atom. The molecule has 0 atom stereocenters. The van der Waals surface area contributed by atoms with Gasteiger partial charge in [0, 0.05) is 52.0 Å². The molecule has 4 rings (SSSR count). The zero-order valence-corrected chi connectivity index (χ0v) is 16.3. The van der Waals surface area contributed by atoms with Crippen LogP contribution in [0.3, 0.4) is 0 Å². The summed E-state index contributed by atoms with van der Waals surface area (Å²) >= 11 is 0. The molecule has 0 saturated carbocycles. The second kappa shape index (κ2) is 8.85. The van der Waals surface area contributed by atoms with Crippen molar-refractivity contribution >= 4 is 22.8 Å². The maximum absolute atomic E-state index is 12.7. The van der Waals surface area contributed by atoms with E-state index >= 15 is 0 Å². The second-order valence-electron chi connectivity index (χ2n) is 7.27. The highest BCUT2D eigenvalue weighted by atomic mass is 16.2. The standard InChI is InChI=1S/C20H25N7O2/c28-19(7-6-18-23-16-4-1-2-5-17(16)24-18)26-9-3-10-27(13-12-26)20(29)8-11-25-14-21-22-15-25/h1-2,4-5,14-15H,3,6-13H2,(H,23,24). The molecule has 1 saturated heterocycles. The van der Waals surface area contributed by atoms with E-state index in [1.165, 1.54) is 0 Å². The number of hydrogen-bond donors (Lipinski definition) is 1. The molecule has 2 amide bonds. The van der Waals surface area contributed by atoms with Gasteiger partial charge in [-0.05, 0) is 18.6 Å². The van der Waals surface area contributed by atoms with Crippen LogP contribution in [0.2, 0.25) is 0 Å². The van der Waals surface area contributed by atoms with E-state index in [4.69, 9.17) is 0 Å². The lowest BCUT2D eigenvalue weighted by Gasteiger charge is -2.22. The van der Waals surface area contributed by atoms with Gasteiger partial charge < -0.3 is 19.4 Å². The number of carbonyl (C=O) groups excluding carboxylic acids is 2. The number of carbonyl (C=O) groups is 2. The van der Waals surface area contributed by atoms with Crippen molar-refractivity contribution in [3.63, 3.8) is 0 Å². The molecule has 3 aromatic rings. The van der Waals surface area contributed by atoms with Gasteiger partial charge >= 0.3 is 0 Å². The second-order valence-corrected chi connectivity index (χ2v) is 7.27. The van der Waals surface area contributed by atoms with Crippen LogP contribution >= 0.6 is 0 Å². The summed E-state index contributed by atoms with van der Waals surface area (Å²) in [5, 5.41) is 7.49. The fourth-order valence-corrected chi connectivity index (χ4v) is 3.64. The zero-order valence-electron chi connectivity index (χ0n) is 16.3. The van der Waals surface area contributed by atoms with Crippen LogP contribution in [0.4, 0.5) is 0 Å². The number of aryl methyl sites for hydroxylation is 2. The van der Waals surface area contributed by atoms with Crippen molar-refractivity contribution in [3.8, 4) is 0 Å². The van der Waals surface area contributed by atoms with Crippen molar-refractivity contribution in [2.75, 3.05) is 26.2 Å². The van der Waals surface area contributed by atoms with Crippen LogP contribution in [-0.2, 0) is 22.6 Å². The van der Waals surface area contributed by atoms with Gasteiger partial charge in [-0.2, -0.15) is 0 Å². The van der Waals surface area contributed by atoms with Crippen molar-refractivity contribution in [1.29, 1.82) is 0 Å². The fourth-order valence-electron chi connectivity index (χ4n) is 3.64. The normalized spacial score (nSPS) is 14.9. The van der Waals surface area contributed by atoms with Crippen LogP contribution in [0, 0.1) is 0 Å². The maximum Gasteiger partial charge on any atom is 0.224 e. The van der Waals surface area contributed by atoms with Gasteiger partial charge in [0.2, 0.25) is 11.8 Å². The average molecular weight is 395 g/mol. The van der Waals surface area contributed by atoms with E-state index < -0.39 is 0 Å². The molecule has 1 aromatic carbocycles. The number of rotatable bonds is 6. The highest BCUT2D eigenvalue weighted by Gasteiger charge is 2.22. The van der Waals surface area contributed by atoms with Gasteiger partial charge in [0.1, 0.15) is 18.5 Å². The van der Waals surface area contributed by atoms with Crippen LogP contribution < -0.4 is 0 Å². The van der Waals surface area contributed by atoms with Crippen LogP contribution in [0.5, 0.6) is 0 Å². The van der Waals surface area contributed by atoms with Gasteiger partial charge in [0.05, 0.1) is 11.0 Å². The lowest BCUT2D eigenvalue weighted by molar-refractivity contribution is -0.133. The summed E-state index contributed by atoms with van der Waals surface area (Å²) in [6.07, 6.45) is 5.44. The van der Waals surface area contributed by atoms with Gasteiger partial charge in [-0.3, -0.25) is 9.59 Å². The lowest BCUT2D eigenvalue weighted by Crippen LogP contribution is -2.37. The number of nitrogens with zero attached hydrogens (tertiary/aromatic N) is 6. The predicted octanol–water partition coefficient (Wildman–Crippen LogP) is 1.24. The van der Waals surface area contributed by atoms with E-state index in [-0.39, 0.29) is 11.8 Å². The third kappa shape index (κ3) is 4.79. The highest BCUT2D eigenvalue weighted by molar-refractivity contribution is 5.78. The minimum absolute atomic E-state index is 0.107. The van der Waals surface area contributed by atoms with E-state index in [1.807, 2.05) is 34.1 Å². The molecule has 9 nitrogen and oxygen atoms in total. The molecule has 3 heterocycles. The van der Waals surface area contributed by atoms with E-state index in [2.05, 4.69) is 20.2 Å². The number of aromatic amines is 1. The highest BCUT2D eigenvalue weighted by Crippen LogP contribution is 2.13. The maximum atomic E-state index is 12.7. The summed E-state index contributed by atoms with van der Waals surface area (Å²) in [5.74, 6) is 1.06. The van der Waals surface area contributed by atoms with E-state index in [9.17, 15) is 9.59 Å². The van der Waals surface area contributed by atoms with Gasteiger partial charge in [-0.15, -0.1) is 10.2 Å². The Hall–Kier alpha value is -3.23. The smallest absolute Gasteiger partial charge is 0.224 e. The summed E-state index contributed by atoms with van der Waals surface area (Å²) in [4.78, 5) is 36.7. The minimum Gasteiger partial charge on any atom is -0.342 e. The molecule has 1 fully saturated rings. The summed E-state index contributed by atoms with van der Waals surface area (Å²) in [5.41, 5.74) is 1.91. The molecular formula is C20H25N7O2. The molecule has 1 N–H and O–H groups in total. The van der Waals surface area contributed by atoms with E-state index in [0.717, 1.165) is 23.3 Å². The van der Waals surface area contributed by atoms with Crippen LogP contribution in [0.1, 0.15) is 25.1 Å². The van der Waals surface area contributed by atoms with Crippen molar-refractivity contribution in [1.82, 2.24) is 34.5 Å². The Bertz CT molecular complexity index is 933. The Morgan fingerprint density at radius 2 is 1.62 bits per heavy atom. The quantitative estimate of drug-likeness (QED) is 0.677. The third-order valence-electron chi connectivity index (χ3n) is 5.27. The molecule has 9 heteroatoms. The van der Waals surface area contributed by atoms with Gasteiger partial charge in [0.25, 0.3) is 0 Å². The summed E-state index contributed by atoms with van der Waals surface area (Å²) in [7, 11) is 0. The largest absolute Gasteiger partial charge is 0.342 e. The fraction of sp³-hybridized carbons (Fsp3) is 0.450. The summed E-state index contributed by atoms with van der Waals surface area (Å²) in [6.45, 7) is 3.11. The first-order valence-corrected chi connectivity index (χ1v) is 10.0. The number of benzene rings is 1. The van der Waals surface area contributed by atoms with Gasteiger partial charge in [0.15, 0.2) is 0 Å². The number of para-hydroxylation sites is 2. The molecule has 0 unspecified atom stereocenters. The van der Waals surface area contributed by atoms with Crippen molar-refractivity contribution in [3.05, 3.63) is 42.7 Å². The van der Waals surface area contributed by atoms with Crippen molar-refractivity contribution < 1.29 is 9.59 Å². The van der Waals surface area contributed by atoms with E-state index in [1.54, 1.807) is 17.2 Å². The third-order valence-corrected chi connectivity index (χ3v) is 5.27. The SMILES string of the molecule is O=C(CCc1nc2ccccc2[nH]1)N1CCCN(C(=O)CCn2cnnc2)CC1. The molecule has 1 aliphatic rings. The van der Waals surface area contributed by atoms with Gasteiger partial charge in [-0.25, -0.2) is 4.98 Å². The van der Waals surface area contributed by atoms with Crippen LogP contribution in [0.25, 0.3) is 11.0 Å². The molecule has 1 aliphatic heterocycles. The minimum atomic E-state index is 0.107. The Morgan fingerprint density at radius 3 is 2.34 bits per heavy atom. The van der Waals surface area contributed by atoms with Crippen molar-refractivity contribution in [2.45, 2.75) is 32.2 Å².